The number of hydrogen-bond donors (Lipinski definition) is 1. The van der Waals surface area contributed by atoms with Crippen molar-refractivity contribution in [3.8, 4) is 0 Å². The van der Waals surface area contributed by atoms with Crippen LogP contribution < -0.4 is 0 Å². The van der Waals surface area contributed by atoms with Gasteiger partial charge in [-0.3, -0.25) is 24.0 Å². The Kier molecular flexibility index (Phi) is 5.83. The molecule has 8 heteroatoms. The number of ketones is 3. The molecule has 4 fully saturated rings. The predicted molar refractivity (Wildman–Crippen MR) is 115 cm³/mol. The number of carbonyl (C=O) groups is 5. The Bertz CT molecular complexity index is 910. The zero-order valence-electron chi connectivity index (χ0n) is 19.8. The van der Waals surface area contributed by atoms with Gasteiger partial charge in [0.25, 0.3) is 0 Å². The van der Waals surface area contributed by atoms with Gasteiger partial charge in [-0.2, -0.15) is 0 Å². The third-order valence-corrected chi connectivity index (χ3v) is 9.54. The largest absolute Gasteiger partial charge is 0.458 e. The molecule has 0 heterocycles. The molecule has 1 N–H and O–H groups in total. The first kappa shape index (κ1) is 24.0. The monoisotopic (exact) mass is 462 g/mol. The van der Waals surface area contributed by atoms with E-state index in [1.54, 1.807) is 0 Å². The molecule has 4 aliphatic rings. The molecule has 8 atom stereocenters. The lowest BCUT2D eigenvalue weighted by atomic mass is 9.43. The maximum atomic E-state index is 13.7. The normalized spacial score (nSPS) is 44.3. The maximum Gasteiger partial charge on any atom is 0.303 e. The van der Waals surface area contributed by atoms with Gasteiger partial charge in [-0.15, -0.1) is 0 Å². The van der Waals surface area contributed by atoms with Gasteiger partial charge in [0.05, 0.1) is 0 Å². The quantitative estimate of drug-likeness (QED) is 0.631. The summed E-state index contributed by atoms with van der Waals surface area (Å²) in [6.07, 6.45) is 2.27. The first-order valence-corrected chi connectivity index (χ1v) is 12.0. The van der Waals surface area contributed by atoms with Gasteiger partial charge >= 0.3 is 11.9 Å². The summed E-state index contributed by atoms with van der Waals surface area (Å²) in [5, 5.41) is 11.5. The van der Waals surface area contributed by atoms with Crippen LogP contribution in [0.25, 0.3) is 0 Å². The van der Waals surface area contributed by atoms with E-state index in [0.717, 1.165) is 0 Å². The van der Waals surface area contributed by atoms with E-state index >= 15 is 0 Å². The summed E-state index contributed by atoms with van der Waals surface area (Å²) in [6, 6.07) is 0. The SMILES string of the molecule is CC(=O)OCC(=O)[C@@]1(O)CC[C@H]2[C@@H]3CC[C@H]4[C@@H](OC(C)=O)C(=O)CC[C@]4(C)[C@H]3C(=O)C[C@@]21C. The summed E-state index contributed by atoms with van der Waals surface area (Å²) >= 11 is 0. The number of esters is 2. The number of ether oxygens (including phenoxy) is 2. The molecule has 0 aliphatic heterocycles. The number of aliphatic hydroxyl groups is 1. The molecule has 0 unspecified atom stereocenters. The van der Waals surface area contributed by atoms with Gasteiger partial charge in [0.15, 0.2) is 18.5 Å². The van der Waals surface area contributed by atoms with Crippen molar-refractivity contribution in [2.75, 3.05) is 6.61 Å². The Morgan fingerprint density at radius 2 is 1.67 bits per heavy atom. The first-order chi connectivity index (χ1) is 15.3. The van der Waals surface area contributed by atoms with Crippen molar-refractivity contribution in [3.63, 3.8) is 0 Å². The lowest BCUT2D eigenvalue weighted by molar-refractivity contribution is -0.191. The minimum absolute atomic E-state index is 0.00230. The highest BCUT2D eigenvalue weighted by atomic mass is 16.5. The molecule has 0 spiro atoms. The highest BCUT2D eigenvalue weighted by Crippen LogP contribution is 2.67. The summed E-state index contributed by atoms with van der Waals surface area (Å²) < 4.78 is 10.3. The number of Topliss-reactive ketones (excluding diaryl/α,β-unsaturated/α-hetero) is 3. The number of carbonyl (C=O) groups excluding carboxylic acids is 5. The summed E-state index contributed by atoms with van der Waals surface area (Å²) in [7, 11) is 0. The molecule has 0 amide bonds. The summed E-state index contributed by atoms with van der Waals surface area (Å²) in [5.41, 5.74) is -3.11. The van der Waals surface area contributed by atoms with Crippen molar-refractivity contribution in [2.24, 2.45) is 34.5 Å². The van der Waals surface area contributed by atoms with Crippen LogP contribution in [0.4, 0.5) is 0 Å². The molecule has 0 saturated heterocycles. The average molecular weight is 463 g/mol. The lowest BCUT2D eigenvalue weighted by Crippen LogP contribution is -2.64. The summed E-state index contributed by atoms with van der Waals surface area (Å²) in [4.78, 5) is 62.1. The van der Waals surface area contributed by atoms with Crippen molar-refractivity contribution in [1.82, 2.24) is 0 Å². The van der Waals surface area contributed by atoms with Crippen LogP contribution in [0.2, 0.25) is 0 Å². The van der Waals surface area contributed by atoms with E-state index in [-0.39, 0.29) is 54.5 Å². The molecule has 0 aromatic heterocycles. The molecule has 0 aromatic rings. The minimum atomic E-state index is -1.71. The Morgan fingerprint density at radius 1 is 0.970 bits per heavy atom. The minimum Gasteiger partial charge on any atom is -0.458 e. The molecule has 4 saturated carbocycles. The van der Waals surface area contributed by atoms with Crippen molar-refractivity contribution in [1.29, 1.82) is 0 Å². The lowest BCUT2D eigenvalue weighted by Gasteiger charge is -2.60. The van der Waals surface area contributed by atoms with Crippen molar-refractivity contribution < 1.29 is 38.6 Å². The van der Waals surface area contributed by atoms with Gasteiger partial charge in [0.2, 0.25) is 5.78 Å². The molecule has 4 rings (SSSR count). The Labute approximate surface area is 193 Å². The van der Waals surface area contributed by atoms with Crippen molar-refractivity contribution >= 4 is 29.3 Å². The molecule has 4 aliphatic carbocycles. The Morgan fingerprint density at radius 3 is 2.30 bits per heavy atom. The van der Waals surface area contributed by atoms with E-state index in [4.69, 9.17) is 9.47 Å². The summed E-state index contributed by atoms with van der Waals surface area (Å²) in [5.74, 6) is -2.26. The van der Waals surface area contributed by atoms with Crippen LogP contribution >= 0.6 is 0 Å². The molecule has 8 nitrogen and oxygen atoms in total. The molecule has 0 bridgehead atoms. The van der Waals surface area contributed by atoms with Gasteiger partial charge < -0.3 is 14.6 Å². The second kappa shape index (κ2) is 8.00. The van der Waals surface area contributed by atoms with Gasteiger partial charge in [-0.1, -0.05) is 13.8 Å². The van der Waals surface area contributed by atoms with Crippen LogP contribution in [0.3, 0.4) is 0 Å². The summed E-state index contributed by atoms with van der Waals surface area (Å²) in [6.45, 7) is 5.88. The topological polar surface area (TPSA) is 124 Å². The molecule has 182 valence electrons. The fourth-order valence-corrected chi connectivity index (χ4v) is 8.01. The predicted octanol–water partition coefficient (Wildman–Crippen LogP) is 2.18. The Hall–Kier alpha value is -2.09. The van der Waals surface area contributed by atoms with E-state index in [9.17, 15) is 29.1 Å². The van der Waals surface area contributed by atoms with E-state index < -0.39 is 46.9 Å². The van der Waals surface area contributed by atoms with Gasteiger partial charge in [-0.25, -0.2) is 0 Å². The zero-order valence-corrected chi connectivity index (χ0v) is 19.8. The van der Waals surface area contributed by atoms with Gasteiger partial charge in [0, 0.05) is 43.9 Å². The highest BCUT2D eigenvalue weighted by molar-refractivity contribution is 5.93. The molecular formula is C25H34O8. The fraction of sp³-hybridized carbons (Fsp3) is 0.800. The van der Waals surface area contributed by atoms with E-state index in [1.807, 2.05) is 13.8 Å². The smallest absolute Gasteiger partial charge is 0.303 e. The number of rotatable bonds is 4. The first-order valence-electron chi connectivity index (χ1n) is 12.0. The van der Waals surface area contributed by atoms with Gasteiger partial charge in [-0.05, 0) is 49.4 Å². The van der Waals surface area contributed by atoms with E-state index in [0.29, 0.717) is 25.7 Å². The van der Waals surface area contributed by atoms with Crippen LogP contribution in [-0.2, 0) is 33.4 Å². The van der Waals surface area contributed by atoms with Crippen LogP contribution in [0.15, 0.2) is 0 Å². The maximum absolute atomic E-state index is 13.7. The van der Waals surface area contributed by atoms with Crippen LogP contribution in [-0.4, -0.2) is 52.7 Å². The number of hydrogen-bond acceptors (Lipinski definition) is 8. The van der Waals surface area contributed by atoms with Crippen LogP contribution in [0.5, 0.6) is 0 Å². The second-order valence-corrected chi connectivity index (χ2v) is 11.1. The third kappa shape index (κ3) is 3.47. The van der Waals surface area contributed by atoms with Crippen molar-refractivity contribution in [3.05, 3.63) is 0 Å². The van der Waals surface area contributed by atoms with E-state index in [1.165, 1.54) is 13.8 Å². The molecular weight excluding hydrogens is 428 g/mol. The average Bonchev–Trinajstić information content (AvgIpc) is 2.99. The Balaban J connectivity index is 1.64. The molecule has 33 heavy (non-hydrogen) atoms. The molecule has 0 radical (unpaired) electrons. The van der Waals surface area contributed by atoms with Gasteiger partial charge in [0.1, 0.15) is 11.4 Å². The number of fused-ring (bicyclic) bond motifs is 5. The highest BCUT2D eigenvalue weighted by Gasteiger charge is 2.70. The molecule has 0 aromatic carbocycles. The standard InChI is InChI=1S/C25H34O8/c1-13(26)32-12-20(30)25(31)10-7-16-15-5-6-17-22(33-14(2)27)18(28)8-9-23(17,3)21(15)19(29)11-24(16,25)4/h15-17,21-22,31H,5-12H2,1-4H3/t15-,16-,17-,21+,22+,23-,24-,25-/m0/s1. The third-order valence-electron chi connectivity index (χ3n) is 9.54. The zero-order chi connectivity index (χ0) is 24.3. The second-order valence-electron chi connectivity index (χ2n) is 11.1. The van der Waals surface area contributed by atoms with Crippen LogP contribution in [0, 0.1) is 34.5 Å². The fourth-order valence-electron chi connectivity index (χ4n) is 8.01. The van der Waals surface area contributed by atoms with Crippen LogP contribution in [0.1, 0.15) is 72.6 Å². The van der Waals surface area contributed by atoms with E-state index in [2.05, 4.69) is 0 Å². The van der Waals surface area contributed by atoms with Crippen molar-refractivity contribution in [2.45, 2.75) is 84.3 Å².